The molecule has 0 amide bonds. The fourth-order valence-corrected chi connectivity index (χ4v) is 7.08. The van der Waals surface area contributed by atoms with E-state index in [4.69, 9.17) is 27.1 Å². The summed E-state index contributed by atoms with van der Waals surface area (Å²) in [5, 5.41) is 0. The molecule has 1 aliphatic carbocycles. The Morgan fingerprint density at radius 3 is 1.48 bits per heavy atom. The molecule has 12 heteroatoms. The minimum Gasteiger partial charge on any atom is -0.312 e. The van der Waals surface area contributed by atoms with Crippen LogP contribution in [0.3, 0.4) is 0 Å². The Morgan fingerprint density at radius 1 is 0.778 bits per heavy atom. The molecule has 0 aromatic heterocycles. The highest BCUT2D eigenvalue weighted by Gasteiger charge is 2.44. The largest absolute Gasteiger partial charge is 0.334 e. The number of rotatable bonds is 12. The van der Waals surface area contributed by atoms with Crippen molar-refractivity contribution in [2.75, 3.05) is 61.1 Å². The van der Waals surface area contributed by atoms with Crippen LogP contribution in [-0.2, 0) is 40.8 Å². The van der Waals surface area contributed by atoms with E-state index in [9.17, 15) is 13.7 Å². The predicted octanol–water partition coefficient (Wildman–Crippen LogP) is 4.32. The topological polar surface area (TPSA) is 107 Å². The van der Waals surface area contributed by atoms with E-state index in [-0.39, 0.29) is 18.5 Å². The highest BCUT2D eigenvalue weighted by molar-refractivity contribution is 7.55. The van der Waals surface area contributed by atoms with Crippen LogP contribution in [0.4, 0.5) is 0 Å². The minimum atomic E-state index is -3.41. The summed E-state index contributed by atoms with van der Waals surface area (Å²) in [6, 6.07) is 0. The molecular weight excluding hydrogens is 417 g/mol. The summed E-state index contributed by atoms with van der Waals surface area (Å²) >= 11 is 0. The molecule has 0 unspecified atom stereocenters. The Labute approximate surface area is 161 Å². The summed E-state index contributed by atoms with van der Waals surface area (Å²) < 4.78 is 68.0. The van der Waals surface area contributed by atoms with Crippen LogP contribution >= 0.6 is 22.8 Å². The Bertz CT molecular complexity index is 649. The first kappa shape index (κ1) is 25.0. The van der Waals surface area contributed by atoms with Crippen molar-refractivity contribution in [1.82, 2.24) is 0 Å². The molecule has 0 fully saturated rings. The van der Waals surface area contributed by atoms with Crippen LogP contribution in [0, 0.1) is 5.41 Å². The predicted molar refractivity (Wildman–Crippen MR) is 104 cm³/mol. The Morgan fingerprint density at radius 2 is 1.19 bits per heavy atom. The van der Waals surface area contributed by atoms with Gasteiger partial charge in [-0.3, -0.25) is 13.7 Å². The van der Waals surface area contributed by atoms with Gasteiger partial charge in [-0.05, 0) is 12.0 Å². The lowest BCUT2D eigenvalue weighted by molar-refractivity contribution is 0.248. The molecular formula is C15H29O9P3. The lowest BCUT2D eigenvalue weighted by Gasteiger charge is -2.35. The van der Waals surface area contributed by atoms with Gasteiger partial charge in [-0.2, -0.15) is 0 Å². The number of hydrogen-bond donors (Lipinski definition) is 0. The maximum atomic E-state index is 12.7. The van der Waals surface area contributed by atoms with Gasteiger partial charge in [0.1, 0.15) is 0 Å². The summed E-state index contributed by atoms with van der Waals surface area (Å²) in [5.41, 5.74) is -0.122. The van der Waals surface area contributed by atoms with E-state index in [1.165, 1.54) is 42.7 Å². The molecule has 0 saturated carbocycles. The molecule has 1 aliphatic rings. The maximum Gasteiger partial charge on any atom is 0.334 e. The van der Waals surface area contributed by atoms with Crippen molar-refractivity contribution in [3.05, 3.63) is 23.8 Å². The van der Waals surface area contributed by atoms with Crippen molar-refractivity contribution in [2.24, 2.45) is 5.41 Å². The van der Waals surface area contributed by atoms with E-state index in [0.717, 1.165) is 5.57 Å². The molecule has 0 radical (unpaired) electrons. The molecule has 0 bridgehead atoms. The lowest BCUT2D eigenvalue weighted by atomic mass is 9.84. The molecule has 9 nitrogen and oxygen atoms in total. The first-order valence-corrected chi connectivity index (χ1v) is 13.2. The Hall–Kier alpha value is -0.0700. The van der Waals surface area contributed by atoms with Gasteiger partial charge < -0.3 is 27.1 Å². The fourth-order valence-electron chi connectivity index (χ4n) is 2.76. The smallest absolute Gasteiger partial charge is 0.312 e. The summed E-state index contributed by atoms with van der Waals surface area (Å²) in [4.78, 5) is 0. The normalized spacial score (nSPS) is 17.8. The molecule has 0 heterocycles. The first-order chi connectivity index (χ1) is 12.6. The molecule has 0 N–H and O–H groups in total. The zero-order valence-corrected chi connectivity index (χ0v) is 19.3. The third-order valence-electron chi connectivity index (χ3n) is 4.48. The molecule has 0 atom stereocenters. The average Bonchev–Trinajstić information content (AvgIpc) is 2.69. The highest BCUT2D eigenvalue weighted by Crippen LogP contribution is 2.60. The van der Waals surface area contributed by atoms with Crippen LogP contribution < -0.4 is 0 Å². The molecule has 27 heavy (non-hydrogen) atoms. The van der Waals surface area contributed by atoms with Gasteiger partial charge in [0.25, 0.3) is 0 Å². The van der Waals surface area contributed by atoms with E-state index in [0.29, 0.717) is 6.42 Å². The van der Waals surface area contributed by atoms with Gasteiger partial charge in [-0.25, -0.2) is 0 Å². The van der Waals surface area contributed by atoms with Crippen molar-refractivity contribution in [1.29, 1.82) is 0 Å². The van der Waals surface area contributed by atoms with Gasteiger partial charge in [0.15, 0.2) is 0 Å². The van der Waals surface area contributed by atoms with Crippen molar-refractivity contribution in [3.8, 4) is 0 Å². The molecule has 0 spiro atoms. The lowest BCUT2D eigenvalue weighted by Crippen LogP contribution is -2.30. The van der Waals surface area contributed by atoms with Crippen LogP contribution in [0.15, 0.2) is 23.8 Å². The van der Waals surface area contributed by atoms with Gasteiger partial charge in [0, 0.05) is 48.1 Å². The second-order valence-electron chi connectivity index (χ2n) is 6.08. The van der Waals surface area contributed by atoms with Crippen LogP contribution in [0.25, 0.3) is 0 Å². The van der Waals surface area contributed by atoms with Crippen molar-refractivity contribution in [2.45, 2.75) is 6.42 Å². The minimum absolute atomic E-state index is 0.0177. The molecule has 1 rings (SSSR count). The Balaban J connectivity index is 3.17. The highest BCUT2D eigenvalue weighted by atomic mass is 31.2. The molecule has 0 aromatic carbocycles. The van der Waals surface area contributed by atoms with Gasteiger partial charge in [-0.15, -0.1) is 0 Å². The van der Waals surface area contributed by atoms with E-state index in [1.54, 1.807) is 12.2 Å². The van der Waals surface area contributed by atoms with E-state index in [1.807, 2.05) is 6.08 Å². The number of hydrogen-bond acceptors (Lipinski definition) is 9. The molecule has 0 aromatic rings. The third-order valence-corrected chi connectivity index (χ3v) is 10.6. The van der Waals surface area contributed by atoms with Gasteiger partial charge in [-0.1, -0.05) is 18.2 Å². The standard InChI is InChI=1S/C15H29O9P3/c1-19-25(16,20-2)11-14-7-9-15(10-8-14,12-26(17,21-3)22-4)13-27(18,23-5)24-6/h7-9H,10-13H2,1-6H3. The zero-order valence-electron chi connectivity index (χ0n) is 16.6. The van der Waals surface area contributed by atoms with Crippen LogP contribution in [0.2, 0.25) is 0 Å². The van der Waals surface area contributed by atoms with Crippen LogP contribution in [-0.4, -0.2) is 61.1 Å². The zero-order chi connectivity index (χ0) is 20.8. The molecule has 158 valence electrons. The van der Waals surface area contributed by atoms with Gasteiger partial charge >= 0.3 is 22.8 Å². The number of allylic oxidation sites excluding steroid dienone is 4. The van der Waals surface area contributed by atoms with E-state index < -0.39 is 28.2 Å². The van der Waals surface area contributed by atoms with Crippen molar-refractivity contribution < 1.29 is 40.8 Å². The van der Waals surface area contributed by atoms with Crippen LogP contribution in [0.5, 0.6) is 0 Å². The molecule has 0 aliphatic heterocycles. The van der Waals surface area contributed by atoms with Gasteiger partial charge in [0.05, 0.1) is 18.5 Å². The monoisotopic (exact) mass is 446 g/mol. The van der Waals surface area contributed by atoms with Crippen molar-refractivity contribution >= 4 is 22.8 Å². The quantitative estimate of drug-likeness (QED) is 0.405. The van der Waals surface area contributed by atoms with E-state index >= 15 is 0 Å². The summed E-state index contributed by atoms with van der Waals surface area (Å²) in [7, 11) is -2.21. The second-order valence-corrected chi connectivity index (χ2v) is 12.9. The first-order valence-electron chi connectivity index (χ1n) is 8.06. The Kier molecular flexibility index (Phi) is 9.35. The van der Waals surface area contributed by atoms with E-state index in [2.05, 4.69) is 0 Å². The summed E-state index contributed by atoms with van der Waals surface area (Å²) in [5.74, 6) is 0. The average molecular weight is 446 g/mol. The third kappa shape index (κ3) is 6.74. The van der Waals surface area contributed by atoms with Gasteiger partial charge in [0.2, 0.25) is 0 Å². The molecule has 0 saturated heterocycles. The fraction of sp³-hybridized carbons (Fsp3) is 0.733. The summed E-state index contributed by atoms with van der Waals surface area (Å²) in [6.45, 7) is 0. The maximum absolute atomic E-state index is 12.7. The van der Waals surface area contributed by atoms with Crippen LogP contribution in [0.1, 0.15) is 6.42 Å². The van der Waals surface area contributed by atoms with Crippen molar-refractivity contribution in [3.63, 3.8) is 0 Å². The summed E-state index contributed by atoms with van der Waals surface area (Å²) in [6.07, 6.45) is 5.69. The second kappa shape index (κ2) is 10.1. The SMILES string of the molecule is COP(=O)(CC1=CCC(CP(=O)(OC)OC)(CP(=O)(OC)OC)C=C1)OC.